The largest absolute Gasteiger partial charge is 0.481 e. The molecule has 14 heavy (non-hydrogen) atoms. The zero-order chi connectivity index (χ0) is 10.7. The Morgan fingerprint density at radius 1 is 1.64 bits per heavy atom. The van der Waals surface area contributed by atoms with Gasteiger partial charge >= 0.3 is 0 Å². The minimum absolute atomic E-state index is 0.489. The van der Waals surface area contributed by atoms with E-state index in [4.69, 9.17) is 4.74 Å². The Balaban J connectivity index is 3.04. The molecule has 0 aliphatic heterocycles. The number of hydrogen-bond donors (Lipinski definition) is 2. The summed E-state index contributed by atoms with van der Waals surface area (Å²) < 4.78 is 6.81. The quantitative estimate of drug-likeness (QED) is 0.716. The van der Waals surface area contributed by atoms with Crippen molar-refractivity contribution in [2.45, 2.75) is 13.0 Å². The summed E-state index contributed by atoms with van der Waals surface area (Å²) in [6.07, 6.45) is -0.580. The Hall–Kier alpha value is -1.07. The molecular formula is C9H17N3O2. The molecular weight excluding hydrogens is 182 g/mol. The van der Waals surface area contributed by atoms with E-state index in [0.717, 1.165) is 11.3 Å². The number of nitrogens with one attached hydrogen (secondary N) is 1. The zero-order valence-corrected chi connectivity index (χ0v) is 9.03. The molecule has 0 aliphatic carbocycles. The topological polar surface area (TPSA) is 59.3 Å². The van der Waals surface area contributed by atoms with Crippen molar-refractivity contribution in [2.24, 2.45) is 7.05 Å². The first-order valence-corrected chi connectivity index (χ1v) is 4.52. The van der Waals surface area contributed by atoms with Crippen LogP contribution in [0.2, 0.25) is 0 Å². The van der Waals surface area contributed by atoms with Crippen molar-refractivity contribution in [2.75, 3.05) is 20.7 Å². The van der Waals surface area contributed by atoms with Gasteiger partial charge in [0.25, 0.3) is 0 Å². The Morgan fingerprint density at radius 3 is 2.79 bits per heavy atom. The Morgan fingerprint density at radius 2 is 2.29 bits per heavy atom. The molecule has 5 nitrogen and oxygen atoms in total. The number of ether oxygens (including phenoxy) is 1. The normalized spacial score (nSPS) is 12.9. The van der Waals surface area contributed by atoms with Crippen molar-refractivity contribution in [3.63, 3.8) is 0 Å². The summed E-state index contributed by atoms with van der Waals surface area (Å²) in [7, 11) is 5.16. The van der Waals surface area contributed by atoms with Crippen LogP contribution in [-0.2, 0) is 7.05 Å². The van der Waals surface area contributed by atoms with Crippen molar-refractivity contribution in [3.8, 4) is 5.88 Å². The highest BCUT2D eigenvalue weighted by Gasteiger charge is 2.20. The first kappa shape index (κ1) is 11.0. The molecule has 0 radical (unpaired) electrons. The molecule has 80 valence electrons. The lowest BCUT2D eigenvalue weighted by Gasteiger charge is -2.11. The Bertz CT molecular complexity index is 309. The van der Waals surface area contributed by atoms with Gasteiger partial charge in [-0.2, -0.15) is 5.10 Å². The van der Waals surface area contributed by atoms with Gasteiger partial charge in [-0.1, -0.05) is 0 Å². The highest BCUT2D eigenvalue weighted by molar-refractivity contribution is 5.33. The van der Waals surface area contributed by atoms with Crippen LogP contribution in [0.1, 0.15) is 17.4 Å². The van der Waals surface area contributed by atoms with Crippen molar-refractivity contribution in [1.29, 1.82) is 0 Å². The second kappa shape index (κ2) is 4.43. The summed E-state index contributed by atoms with van der Waals surface area (Å²) in [5.41, 5.74) is 1.55. The molecule has 1 unspecified atom stereocenters. The summed E-state index contributed by atoms with van der Waals surface area (Å²) in [5.74, 6) is 0.616. The minimum atomic E-state index is -0.580. The molecule has 2 N–H and O–H groups in total. The maximum atomic E-state index is 9.83. The monoisotopic (exact) mass is 199 g/mol. The summed E-state index contributed by atoms with van der Waals surface area (Å²) in [6, 6.07) is 0. The van der Waals surface area contributed by atoms with Gasteiger partial charge in [0.2, 0.25) is 5.88 Å². The highest BCUT2D eigenvalue weighted by Crippen LogP contribution is 2.27. The zero-order valence-electron chi connectivity index (χ0n) is 9.03. The fourth-order valence-electron chi connectivity index (χ4n) is 1.57. The average molecular weight is 199 g/mol. The number of methoxy groups -OCH3 is 1. The average Bonchev–Trinajstić information content (AvgIpc) is 2.40. The van der Waals surface area contributed by atoms with Gasteiger partial charge in [0.05, 0.1) is 24.5 Å². The number of likely N-dealkylation sites (N-methyl/N-ethyl adjacent to an activating group) is 1. The van der Waals surface area contributed by atoms with Crippen LogP contribution in [-0.4, -0.2) is 35.6 Å². The standard InChI is InChI=1S/C9H17N3O2/c1-6-8(7(13)5-10-2)9(14-4)12(3)11-6/h7,10,13H,5H2,1-4H3. The van der Waals surface area contributed by atoms with E-state index in [1.807, 2.05) is 6.92 Å². The van der Waals surface area contributed by atoms with Gasteiger partial charge < -0.3 is 15.2 Å². The van der Waals surface area contributed by atoms with E-state index < -0.39 is 6.10 Å². The SMILES string of the molecule is CNCC(O)c1c(C)nn(C)c1OC. The van der Waals surface area contributed by atoms with E-state index >= 15 is 0 Å². The van der Waals surface area contributed by atoms with Crippen molar-refractivity contribution in [1.82, 2.24) is 15.1 Å². The molecule has 0 saturated heterocycles. The number of hydrogen-bond acceptors (Lipinski definition) is 4. The third kappa shape index (κ3) is 1.88. The summed E-state index contributed by atoms with van der Waals surface area (Å²) in [4.78, 5) is 0. The van der Waals surface area contributed by atoms with Crippen LogP contribution in [0.15, 0.2) is 0 Å². The lowest BCUT2D eigenvalue weighted by molar-refractivity contribution is 0.172. The second-order valence-electron chi connectivity index (χ2n) is 3.21. The summed E-state index contributed by atoms with van der Waals surface area (Å²) in [5, 5.41) is 16.9. The maximum absolute atomic E-state index is 9.83. The van der Waals surface area contributed by atoms with Crippen LogP contribution in [0.25, 0.3) is 0 Å². The molecule has 0 amide bonds. The predicted octanol–water partition coefficient (Wildman–Crippen LogP) is -0.0101. The third-order valence-electron chi connectivity index (χ3n) is 2.14. The number of nitrogens with zero attached hydrogens (tertiary/aromatic N) is 2. The molecule has 1 aromatic heterocycles. The fourth-order valence-corrected chi connectivity index (χ4v) is 1.57. The first-order chi connectivity index (χ1) is 6.61. The van der Waals surface area contributed by atoms with E-state index in [9.17, 15) is 5.11 Å². The van der Waals surface area contributed by atoms with E-state index in [-0.39, 0.29) is 0 Å². The van der Waals surface area contributed by atoms with Gasteiger partial charge in [-0.25, -0.2) is 4.68 Å². The fraction of sp³-hybridized carbons (Fsp3) is 0.667. The molecule has 0 bridgehead atoms. The predicted molar refractivity (Wildman–Crippen MR) is 53.4 cm³/mol. The lowest BCUT2D eigenvalue weighted by Crippen LogP contribution is -2.17. The molecule has 1 aromatic rings. The van der Waals surface area contributed by atoms with Crippen LogP contribution in [0.4, 0.5) is 0 Å². The van der Waals surface area contributed by atoms with Crippen molar-refractivity contribution < 1.29 is 9.84 Å². The number of rotatable bonds is 4. The summed E-state index contributed by atoms with van der Waals surface area (Å²) in [6.45, 7) is 2.35. The molecule has 0 saturated carbocycles. The van der Waals surface area contributed by atoms with Gasteiger partial charge in [-0.3, -0.25) is 0 Å². The lowest BCUT2D eigenvalue weighted by atomic mass is 10.1. The van der Waals surface area contributed by atoms with Gasteiger partial charge in [0.15, 0.2) is 0 Å². The Kier molecular flexibility index (Phi) is 3.49. The van der Waals surface area contributed by atoms with E-state index in [0.29, 0.717) is 12.4 Å². The number of aliphatic hydroxyl groups is 1. The van der Waals surface area contributed by atoms with Gasteiger partial charge in [-0.05, 0) is 14.0 Å². The number of aliphatic hydroxyl groups excluding tert-OH is 1. The van der Waals surface area contributed by atoms with Crippen molar-refractivity contribution in [3.05, 3.63) is 11.3 Å². The van der Waals surface area contributed by atoms with E-state index in [2.05, 4.69) is 10.4 Å². The van der Waals surface area contributed by atoms with Crippen LogP contribution in [0.5, 0.6) is 5.88 Å². The van der Waals surface area contributed by atoms with Crippen LogP contribution in [0, 0.1) is 6.92 Å². The van der Waals surface area contributed by atoms with Gasteiger partial charge in [0, 0.05) is 13.6 Å². The third-order valence-corrected chi connectivity index (χ3v) is 2.14. The van der Waals surface area contributed by atoms with Crippen LogP contribution < -0.4 is 10.1 Å². The molecule has 1 atom stereocenters. The number of aromatic nitrogens is 2. The van der Waals surface area contributed by atoms with Crippen LogP contribution in [0.3, 0.4) is 0 Å². The molecule has 1 heterocycles. The first-order valence-electron chi connectivity index (χ1n) is 4.52. The molecule has 0 spiro atoms. The molecule has 0 fully saturated rings. The Labute approximate surface area is 83.7 Å². The summed E-state index contributed by atoms with van der Waals surface area (Å²) >= 11 is 0. The second-order valence-corrected chi connectivity index (χ2v) is 3.21. The molecule has 1 rings (SSSR count). The molecule has 0 aromatic carbocycles. The van der Waals surface area contributed by atoms with Crippen molar-refractivity contribution >= 4 is 0 Å². The van der Waals surface area contributed by atoms with E-state index in [1.165, 1.54) is 0 Å². The van der Waals surface area contributed by atoms with Gasteiger partial charge in [-0.15, -0.1) is 0 Å². The smallest absolute Gasteiger partial charge is 0.217 e. The highest BCUT2D eigenvalue weighted by atomic mass is 16.5. The maximum Gasteiger partial charge on any atom is 0.217 e. The molecule has 5 heteroatoms. The minimum Gasteiger partial charge on any atom is -0.481 e. The van der Waals surface area contributed by atoms with Crippen LogP contribution >= 0.6 is 0 Å². The number of aryl methyl sites for hydroxylation is 2. The molecule has 0 aliphatic rings. The van der Waals surface area contributed by atoms with E-state index in [1.54, 1.807) is 25.9 Å². The van der Waals surface area contributed by atoms with Gasteiger partial charge in [0.1, 0.15) is 0 Å².